The number of carbonyl (C=O) groups excluding carboxylic acids is 2. The molecular weight excluding hydrogens is 240 g/mol. The molecule has 2 saturated heterocycles. The van der Waals surface area contributed by atoms with Crippen LogP contribution in [-0.2, 0) is 9.59 Å². The van der Waals surface area contributed by atoms with Gasteiger partial charge in [-0.1, -0.05) is 0 Å². The maximum absolute atomic E-state index is 12.7. The van der Waals surface area contributed by atoms with Gasteiger partial charge in [0.25, 0.3) is 0 Å². The lowest BCUT2D eigenvalue weighted by atomic mass is 9.99. The predicted octanol–water partition coefficient (Wildman–Crippen LogP) is 1.40. The van der Waals surface area contributed by atoms with Gasteiger partial charge in [0.05, 0.1) is 0 Å². The number of hydrogen-bond donors (Lipinski definition) is 0. The third kappa shape index (κ3) is 1.87. The summed E-state index contributed by atoms with van der Waals surface area (Å²) in [4.78, 5) is 28.6. The maximum atomic E-state index is 12.7. The summed E-state index contributed by atoms with van der Waals surface area (Å²) in [6, 6.07) is -0.134. The van der Waals surface area contributed by atoms with Gasteiger partial charge in [-0.05, 0) is 49.9 Å². The molecule has 1 unspecified atom stereocenters. The van der Waals surface area contributed by atoms with Crippen molar-refractivity contribution in [3.05, 3.63) is 0 Å². The molecule has 4 aliphatic rings. The van der Waals surface area contributed by atoms with E-state index < -0.39 is 0 Å². The largest absolute Gasteiger partial charge is 0.340 e. The number of amides is 2. The van der Waals surface area contributed by atoms with Crippen molar-refractivity contribution < 1.29 is 9.59 Å². The Morgan fingerprint density at radius 3 is 2.58 bits per heavy atom. The normalized spacial score (nSPS) is 33.4. The molecule has 19 heavy (non-hydrogen) atoms. The number of rotatable bonds is 3. The zero-order valence-corrected chi connectivity index (χ0v) is 11.4. The van der Waals surface area contributed by atoms with Crippen molar-refractivity contribution in [2.75, 3.05) is 19.6 Å². The van der Waals surface area contributed by atoms with Crippen LogP contribution in [-0.4, -0.2) is 47.3 Å². The van der Waals surface area contributed by atoms with Gasteiger partial charge < -0.3 is 9.80 Å². The van der Waals surface area contributed by atoms with E-state index in [0.717, 1.165) is 31.8 Å². The molecule has 2 amide bonds. The molecule has 0 aromatic rings. The van der Waals surface area contributed by atoms with Crippen LogP contribution in [0.1, 0.15) is 44.9 Å². The molecule has 1 atom stereocenters. The second-order valence-electron chi connectivity index (χ2n) is 6.89. The average Bonchev–Trinajstić information content (AvgIpc) is 3.30. The number of carbonyl (C=O) groups is 2. The minimum Gasteiger partial charge on any atom is -0.340 e. The van der Waals surface area contributed by atoms with Crippen LogP contribution in [0.2, 0.25) is 0 Å². The molecule has 2 heterocycles. The fourth-order valence-corrected chi connectivity index (χ4v) is 4.11. The van der Waals surface area contributed by atoms with Crippen LogP contribution < -0.4 is 0 Å². The van der Waals surface area contributed by atoms with E-state index in [1.807, 2.05) is 9.80 Å². The SMILES string of the molecule is O=C1C2CCCN2C(=O)CCN1CC1(C2CC2)CC1. The van der Waals surface area contributed by atoms with E-state index >= 15 is 0 Å². The van der Waals surface area contributed by atoms with E-state index in [1.165, 1.54) is 25.7 Å². The summed E-state index contributed by atoms with van der Waals surface area (Å²) in [5.41, 5.74) is 0.451. The van der Waals surface area contributed by atoms with Crippen LogP contribution in [0.4, 0.5) is 0 Å². The van der Waals surface area contributed by atoms with Crippen molar-refractivity contribution in [2.45, 2.75) is 51.0 Å². The van der Waals surface area contributed by atoms with Crippen LogP contribution in [0, 0.1) is 11.3 Å². The van der Waals surface area contributed by atoms with Crippen molar-refractivity contribution in [3.63, 3.8) is 0 Å². The lowest BCUT2D eigenvalue weighted by molar-refractivity contribution is -0.139. The fourth-order valence-electron chi connectivity index (χ4n) is 4.11. The number of hydrogen-bond acceptors (Lipinski definition) is 2. The molecular formula is C15H22N2O2. The van der Waals surface area contributed by atoms with Crippen LogP contribution >= 0.6 is 0 Å². The van der Waals surface area contributed by atoms with Crippen LogP contribution in [0.3, 0.4) is 0 Å². The Morgan fingerprint density at radius 2 is 1.89 bits per heavy atom. The minimum absolute atomic E-state index is 0.134. The van der Waals surface area contributed by atoms with Crippen molar-refractivity contribution >= 4 is 11.8 Å². The Labute approximate surface area is 114 Å². The molecule has 0 N–H and O–H groups in total. The molecule has 4 heteroatoms. The standard InChI is InChI=1S/C15H22N2O2/c18-13-5-9-16(10-15(6-7-15)11-3-4-11)14(19)12-2-1-8-17(12)13/h11-12H,1-10H2. The first kappa shape index (κ1) is 11.7. The second-order valence-corrected chi connectivity index (χ2v) is 6.89. The lowest BCUT2D eigenvalue weighted by Gasteiger charge is -2.29. The first-order valence-electron chi connectivity index (χ1n) is 7.78. The third-order valence-corrected chi connectivity index (χ3v) is 5.61. The summed E-state index contributed by atoms with van der Waals surface area (Å²) >= 11 is 0. The van der Waals surface area contributed by atoms with Crippen molar-refractivity contribution in [1.82, 2.24) is 9.80 Å². The summed E-state index contributed by atoms with van der Waals surface area (Å²) in [6.45, 7) is 2.37. The van der Waals surface area contributed by atoms with Crippen molar-refractivity contribution in [2.24, 2.45) is 11.3 Å². The first-order valence-corrected chi connectivity index (χ1v) is 7.78. The van der Waals surface area contributed by atoms with Gasteiger partial charge in [-0.2, -0.15) is 0 Å². The Balaban J connectivity index is 1.52. The van der Waals surface area contributed by atoms with Gasteiger partial charge >= 0.3 is 0 Å². The summed E-state index contributed by atoms with van der Waals surface area (Å²) in [6.07, 6.45) is 7.70. The van der Waals surface area contributed by atoms with Gasteiger partial charge in [-0.3, -0.25) is 9.59 Å². The van der Waals surface area contributed by atoms with Gasteiger partial charge in [0, 0.05) is 26.1 Å². The van der Waals surface area contributed by atoms with E-state index in [1.54, 1.807) is 0 Å². The fraction of sp³-hybridized carbons (Fsp3) is 0.867. The van der Waals surface area contributed by atoms with Crippen molar-refractivity contribution in [3.8, 4) is 0 Å². The summed E-state index contributed by atoms with van der Waals surface area (Å²) in [5, 5.41) is 0. The van der Waals surface area contributed by atoms with Crippen molar-refractivity contribution in [1.29, 1.82) is 0 Å². The van der Waals surface area contributed by atoms with Crippen LogP contribution in [0.25, 0.3) is 0 Å². The summed E-state index contributed by atoms with van der Waals surface area (Å²) in [7, 11) is 0. The van der Waals surface area contributed by atoms with Gasteiger partial charge in [0.1, 0.15) is 6.04 Å². The summed E-state index contributed by atoms with van der Waals surface area (Å²) < 4.78 is 0. The van der Waals surface area contributed by atoms with Gasteiger partial charge in [-0.25, -0.2) is 0 Å². The van der Waals surface area contributed by atoms with E-state index in [9.17, 15) is 9.59 Å². The molecule has 4 rings (SSSR count). The number of fused-ring (bicyclic) bond motifs is 1. The molecule has 4 nitrogen and oxygen atoms in total. The second kappa shape index (κ2) is 3.97. The quantitative estimate of drug-likeness (QED) is 0.771. The Bertz CT molecular complexity index is 426. The highest BCUT2D eigenvalue weighted by Gasteiger charge is 2.55. The Hall–Kier alpha value is -1.06. The molecule has 2 saturated carbocycles. The molecule has 2 aliphatic heterocycles. The molecule has 4 fully saturated rings. The van der Waals surface area contributed by atoms with Gasteiger partial charge in [0.2, 0.25) is 11.8 Å². The van der Waals surface area contributed by atoms with Gasteiger partial charge in [-0.15, -0.1) is 0 Å². The van der Waals surface area contributed by atoms with Crippen LogP contribution in [0.5, 0.6) is 0 Å². The minimum atomic E-state index is -0.134. The number of nitrogens with zero attached hydrogens (tertiary/aromatic N) is 2. The van der Waals surface area contributed by atoms with E-state index in [0.29, 0.717) is 18.4 Å². The molecule has 104 valence electrons. The smallest absolute Gasteiger partial charge is 0.245 e. The zero-order valence-electron chi connectivity index (χ0n) is 11.4. The molecule has 0 radical (unpaired) electrons. The Kier molecular flexibility index (Phi) is 2.45. The predicted molar refractivity (Wildman–Crippen MR) is 70.3 cm³/mol. The highest BCUT2D eigenvalue weighted by atomic mass is 16.2. The molecule has 0 bridgehead atoms. The lowest BCUT2D eigenvalue weighted by Crippen LogP contribution is -2.45. The third-order valence-electron chi connectivity index (χ3n) is 5.61. The van der Waals surface area contributed by atoms with Crippen LogP contribution in [0.15, 0.2) is 0 Å². The van der Waals surface area contributed by atoms with E-state index in [2.05, 4.69) is 0 Å². The van der Waals surface area contributed by atoms with Gasteiger partial charge in [0.15, 0.2) is 0 Å². The van der Waals surface area contributed by atoms with E-state index in [-0.39, 0.29) is 17.9 Å². The zero-order chi connectivity index (χ0) is 13.0. The Morgan fingerprint density at radius 1 is 1.11 bits per heavy atom. The molecule has 0 aromatic heterocycles. The monoisotopic (exact) mass is 262 g/mol. The van der Waals surface area contributed by atoms with E-state index in [4.69, 9.17) is 0 Å². The highest BCUT2D eigenvalue weighted by molar-refractivity contribution is 5.90. The topological polar surface area (TPSA) is 40.6 Å². The molecule has 0 aromatic carbocycles. The maximum Gasteiger partial charge on any atom is 0.245 e. The molecule has 0 spiro atoms. The molecule has 2 aliphatic carbocycles. The average molecular weight is 262 g/mol. The summed E-state index contributed by atoms with van der Waals surface area (Å²) in [5.74, 6) is 1.30. The highest BCUT2D eigenvalue weighted by Crippen LogP contribution is 2.61. The first-order chi connectivity index (χ1) is 9.20.